The molecule has 0 spiro atoms. The number of fused-ring (bicyclic) bond motifs is 1. The third kappa shape index (κ3) is 4.62. The normalized spacial score (nSPS) is 16.5. The van der Waals surface area contributed by atoms with Crippen molar-refractivity contribution in [3.8, 4) is 5.75 Å². The molecule has 1 saturated heterocycles. The summed E-state index contributed by atoms with van der Waals surface area (Å²) in [6, 6.07) is 22.6. The molecule has 1 fully saturated rings. The second-order valence-corrected chi connectivity index (χ2v) is 10.3. The molecule has 0 amide bonds. The highest BCUT2D eigenvalue weighted by molar-refractivity contribution is 7.92. The first-order chi connectivity index (χ1) is 16.1. The van der Waals surface area contributed by atoms with Crippen LogP contribution in [0.4, 0.5) is 5.69 Å². The Hall–Kier alpha value is -2.87. The number of rotatable bonds is 7. The van der Waals surface area contributed by atoms with Gasteiger partial charge in [-0.3, -0.25) is 9.21 Å². The minimum Gasteiger partial charge on any atom is -0.489 e. The van der Waals surface area contributed by atoms with Crippen LogP contribution in [0.5, 0.6) is 5.75 Å². The standard InChI is InChI=1S/C26H29N3O3S/c30-33(31,22-9-5-2-6-10-22)29-16-13-23-24(19-28-17-14-27-15-18-28)26(12-11-25(23)29)32-20-21-7-3-1-4-8-21/h1-12,27H,13-20H2. The molecule has 0 atom stereocenters. The Morgan fingerprint density at radius 1 is 0.848 bits per heavy atom. The van der Waals surface area contributed by atoms with E-state index >= 15 is 0 Å². The molecule has 0 saturated carbocycles. The van der Waals surface area contributed by atoms with Gasteiger partial charge in [0, 0.05) is 44.8 Å². The van der Waals surface area contributed by atoms with Crippen LogP contribution in [0, 0.1) is 0 Å². The lowest BCUT2D eigenvalue weighted by atomic mass is 10.0. The van der Waals surface area contributed by atoms with E-state index in [1.54, 1.807) is 28.6 Å². The molecule has 2 aliphatic rings. The fourth-order valence-electron chi connectivity index (χ4n) is 4.61. The lowest BCUT2D eigenvalue weighted by molar-refractivity contribution is 0.225. The van der Waals surface area contributed by atoms with Gasteiger partial charge >= 0.3 is 0 Å². The van der Waals surface area contributed by atoms with Crippen molar-refractivity contribution in [1.29, 1.82) is 0 Å². The van der Waals surface area contributed by atoms with Gasteiger partial charge in [-0.1, -0.05) is 48.5 Å². The topological polar surface area (TPSA) is 61.9 Å². The fraction of sp³-hybridized carbons (Fsp3) is 0.308. The maximum atomic E-state index is 13.4. The van der Waals surface area contributed by atoms with Crippen LogP contribution in [-0.2, 0) is 29.6 Å². The molecular formula is C26H29N3O3S. The fourth-order valence-corrected chi connectivity index (χ4v) is 6.13. The first-order valence-electron chi connectivity index (χ1n) is 11.5. The largest absolute Gasteiger partial charge is 0.489 e. The number of hydrogen-bond donors (Lipinski definition) is 1. The number of benzene rings is 3. The SMILES string of the molecule is O=S(=O)(c1ccccc1)N1CCc2c1ccc(OCc1ccccc1)c2CN1CCNCC1. The van der Waals surface area contributed by atoms with Crippen molar-refractivity contribution in [2.45, 2.75) is 24.5 Å². The van der Waals surface area contributed by atoms with Crippen molar-refractivity contribution in [2.75, 3.05) is 37.0 Å². The Balaban J connectivity index is 1.48. The monoisotopic (exact) mass is 463 g/mol. The van der Waals surface area contributed by atoms with E-state index in [0.29, 0.717) is 24.5 Å². The average Bonchev–Trinajstić information content (AvgIpc) is 3.31. The Morgan fingerprint density at radius 2 is 1.55 bits per heavy atom. The number of sulfonamides is 1. The van der Waals surface area contributed by atoms with Gasteiger partial charge < -0.3 is 10.1 Å². The van der Waals surface area contributed by atoms with E-state index in [2.05, 4.69) is 22.3 Å². The number of ether oxygens (including phenoxy) is 1. The highest BCUT2D eigenvalue weighted by Gasteiger charge is 2.33. The van der Waals surface area contributed by atoms with Gasteiger partial charge in [0.1, 0.15) is 12.4 Å². The summed E-state index contributed by atoms with van der Waals surface area (Å²) in [6.45, 7) is 5.55. The summed E-state index contributed by atoms with van der Waals surface area (Å²) in [5.74, 6) is 0.843. The van der Waals surface area contributed by atoms with Crippen LogP contribution in [0.1, 0.15) is 16.7 Å². The highest BCUT2D eigenvalue weighted by atomic mass is 32.2. The van der Waals surface area contributed by atoms with Gasteiger partial charge in [-0.05, 0) is 41.8 Å². The quantitative estimate of drug-likeness (QED) is 0.582. The van der Waals surface area contributed by atoms with Gasteiger partial charge in [-0.25, -0.2) is 8.42 Å². The molecule has 2 heterocycles. The van der Waals surface area contributed by atoms with Gasteiger partial charge in [0.25, 0.3) is 10.0 Å². The molecule has 0 unspecified atom stereocenters. The lowest BCUT2D eigenvalue weighted by Crippen LogP contribution is -2.43. The molecule has 0 radical (unpaired) electrons. The molecule has 0 bridgehead atoms. The molecule has 6 nitrogen and oxygen atoms in total. The molecule has 33 heavy (non-hydrogen) atoms. The van der Waals surface area contributed by atoms with Gasteiger partial charge in [-0.15, -0.1) is 0 Å². The molecule has 3 aromatic rings. The van der Waals surface area contributed by atoms with Gasteiger partial charge in [0.15, 0.2) is 0 Å². The van der Waals surface area contributed by atoms with E-state index in [0.717, 1.165) is 60.9 Å². The predicted octanol–water partition coefficient (Wildman–Crippen LogP) is 3.42. The summed E-state index contributed by atoms with van der Waals surface area (Å²) in [4.78, 5) is 2.74. The minimum absolute atomic E-state index is 0.325. The maximum absolute atomic E-state index is 13.4. The maximum Gasteiger partial charge on any atom is 0.264 e. The van der Waals surface area contributed by atoms with Crippen molar-refractivity contribution in [2.24, 2.45) is 0 Å². The third-order valence-corrected chi connectivity index (χ3v) is 8.18. The summed E-state index contributed by atoms with van der Waals surface area (Å²) >= 11 is 0. The first kappa shape index (κ1) is 21.9. The zero-order valence-electron chi connectivity index (χ0n) is 18.6. The van der Waals surface area contributed by atoms with Gasteiger partial charge in [0.05, 0.1) is 10.6 Å². The van der Waals surface area contributed by atoms with Crippen molar-refractivity contribution < 1.29 is 13.2 Å². The average molecular weight is 464 g/mol. The van der Waals surface area contributed by atoms with E-state index < -0.39 is 10.0 Å². The summed E-state index contributed by atoms with van der Waals surface area (Å²) < 4.78 is 34.6. The van der Waals surface area contributed by atoms with Crippen LogP contribution >= 0.6 is 0 Å². The third-order valence-electron chi connectivity index (χ3n) is 6.36. The van der Waals surface area contributed by atoms with E-state index in [-0.39, 0.29) is 0 Å². The molecule has 7 heteroatoms. The second-order valence-electron chi connectivity index (χ2n) is 8.48. The number of nitrogens with zero attached hydrogens (tertiary/aromatic N) is 2. The summed E-state index contributed by atoms with van der Waals surface area (Å²) in [6.07, 6.45) is 0.686. The summed E-state index contributed by atoms with van der Waals surface area (Å²) in [5, 5.41) is 3.40. The van der Waals surface area contributed by atoms with Crippen LogP contribution in [0.3, 0.4) is 0 Å². The lowest BCUT2D eigenvalue weighted by Gasteiger charge is -2.29. The minimum atomic E-state index is -3.60. The highest BCUT2D eigenvalue weighted by Crippen LogP contribution is 2.39. The van der Waals surface area contributed by atoms with Gasteiger partial charge in [0.2, 0.25) is 0 Å². The second kappa shape index (κ2) is 9.55. The predicted molar refractivity (Wildman–Crippen MR) is 130 cm³/mol. The van der Waals surface area contributed by atoms with E-state index in [1.807, 2.05) is 36.4 Å². The molecule has 0 aliphatic carbocycles. The van der Waals surface area contributed by atoms with Crippen molar-refractivity contribution >= 4 is 15.7 Å². The molecule has 0 aromatic heterocycles. The first-order valence-corrected chi connectivity index (χ1v) is 12.9. The van der Waals surface area contributed by atoms with E-state index in [9.17, 15) is 8.42 Å². The summed E-state index contributed by atoms with van der Waals surface area (Å²) in [5.41, 5.74) is 4.07. The summed E-state index contributed by atoms with van der Waals surface area (Å²) in [7, 11) is -3.60. The van der Waals surface area contributed by atoms with Crippen molar-refractivity contribution in [3.63, 3.8) is 0 Å². The Bertz CT molecular complexity index is 1190. The zero-order chi connectivity index (χ0) is 22.7. The molecule has 172 valence electrons. The van der Waals surface area contributed by atoms with E-state index in [1.165, 1.54) is 0 Å². The molecule has 5 rings (SSSR count). The van der Waals surface area contributed by atoms with Crippen LogP contribution in [0.15, 0.2) is 77.7 Å². The van der Waals surface area contributed by atoms with Crippen LogP contribution in [0.25, 0.3) is 0 Å². The molecule has 1 N–H and O–H groups in total. The molecule has 2 aliphatic heterocycles. The van der Waals surface area contributed by atoms with Crippen molar-refractivity contribution in [1.82, 2.24) is 10.2 Å². The Labute approximate surface area is 195 Å². The molecule has 3 aromatic carbocycles. The zero-order valence-corrected chi connectivity index (χ0v) is 19.4. The Morgan fingerprint density at radius 3 is 2.27 bits per heavy atom. The Kier molecular flexibility index (Phi) is 6.35. The number of nitrogens with one attached hydrogen (secondary N) is 1. The van der Waals surface area contributed by atoms with Crippen LogP contribution in [-0.4, -0.2) is 46.0 Å². The van der Waals surface area contributed by atoms with E-state index in [4.69, 9.17) is 4.74 Å². The van der Waals surface area contributed by atoms with Crippen LogP contribution < -0.4 is 14.4 Å². The number of anilines is 1. The van der Waals surface area contributed by atoms with Crippen LogP contribution in [0.2, 0.25) is 0 Å². The number of hydrogen-bond acceptors (Lipinski definition) is 5. The van der Waals surface area contributed by atoms with Gasteiger partial charge in [-0.2, -0.15) is 0 Å². The number of piperazine rings is 1. The molecular weight excluding hydrogens is 434 g/mol. The van der Waals surface area contributed by atoms with Crippen molar-refractivity contribution in [3.05, 3.63) is 89.5 Å². The smallest absolute Gasteiger partial charge is 0.264 e.